The van der Waals surface area contributed by atoms with Crippen LogP contribution in [0.3, 0.4) is 0 Å². The topological polar surface area (TPSA) is 70.7 Å². The minimum atomic E-state index is 0.111. The highest BCUT2D eigenvalue weighted by molar-refractivity contribution is 5.55. The van der Waals surface area contributed by atoms with Crippen LogP contribution in [0.25, 0.3) is 17.2 Å². The van der Waals surface area contributed by atoms with E-state index < -0.39 is 0 Å². The molecule has 0 aliphatic carbocycles. The molecule has 33 heavy (non-hydrogen) atoms. The molecule has 0 saturated heterocycles. The van der Waals surface area contributed by atoms with E-state index in [0.717, 1.165) is 36.6 Å². The Morgan fingerprint density at radius 1 is 1.09 bits per heavy atom. The molecule has 0 unspecified atom stereocenters. The molecule has 1 atom stereocenters. The van der Waals surface area contributed by atoms with Crippen LogP contribution in [0.2, 0.25) is 0 Å². The van der Waals surface area contributed by atoms with Crippen LogP contribution in [-0.4, -0.2) is 36.4 Å². The van der Waals surface area contributed by atoms with Crippen LogP contribution in [0.4, 0.5) is 0 Å². The van der Waals surface area contributed by atoms with Crippen LogP contribution in [0.15, 0.2) is 48.9 Å². The first-order valence-electron chi connectivity index (χ1n) is 11.4. The standard InChI is InChI=1S/C26H30N6O/c1-17-15-31(16-27-17)22-12-11-21(28-25(22)33-5)23-29-24-20(10-7-13-32(24)30-23)18-8-6-9-19(14-18)26(2,3)4/h6,8-9,11-12,14-16,20H,7,10,13H2,1-5H3/t20-/m1/s1. The van der Waals surface area contributed by atoms with Gasteiger partial charge in [-0.15, -0.1) is 5.10 Å². The maximum absolute atomic E-state index is 5.59. The summed E-state index contributed by atoms with van der Waals surface area (Å²) in [5.74, 6) is 2.40. The maximum atomic E-state index is 5.59. The molecule has 0 saturated carbocycles. The fourth-order valence-electron chi connectivity index (χ4n) is 4.45. The number of hydrogen-bond acceptors (Lipinski definition) is 5. The fraction of sp³-hybridized carbons (Fsp3) is 0.385. The van der Waals surface area contributed by atoms with Crippen molar-refractivity contribution in [3.63, 3.8) is 0 Å². The Bertz CT molecular complexity index is 1300. The zero-order valence-corrected chi connectivity index (χ0v) is 19.9. The molecular formula is C26H30N6O. The van der Waals surface area contributed by atoms with E-state index in [0.29, 0.717) is 17.4 Å². The predicted molar refractivity (Wildman–Crippen MR) is 128 cm³/mol. The molecule has 170 valence electrons. The maximum Gasteiger partial charge on any atom is 0.238 e. The SMILES string of the molecule is COc1nc(-c2nc3n(n2)CCC[C@@H]3c2cccc(C(C)(C)C)c2)ccc1-n1cnc(C)c1. The molecule has 4 heterocycles. The lowest BCUT2D eigenvalue weighted by molar-refractivity contribution is 0.396. The molecule has 0 fully saturated rings. The molecule has 0 amide bonds. The second-order valence-corrected chi connectivity index (χ2v) is 9.73. The van der Waals surface area contributed by atoms with Crippen molar-refractivity contribution in [1.29, 1.82) is 0 Å². The highest BCUT2D eigenvalue weighted by Crippen LogP contribution is 2.35. The number of imidazole rings is 1. The molecule has 0 radical (unpaired) electrons. The summed E-state index contributed by atoms with van der Waals surface area (Å²) in [7, 11) is 1.63. The lowest BCUT2D eigenvalue weighted by atomic mass is 9.83. The number of aromatic nitrogens is 6. The molecule has 0 spiro atoms. The van der Waals surface area contributed by atoms with Gasteiger partial charge in [0.2, 0.25) is 5.88 Å². The van der Waals surface area contributed by atoms with Gasteiger partial charge in [0.1, 0.15) is 17.2 Å². The summed E-state index contributed by atoms with van der Waals surface area (Å²) in [5, 5.41) is 4.82. The second kappa shape index (κ2) is 8.14. The Kier molecular flexibility index (Phi) is 5.27. The van der Waals surface area contributed by atoms with Gasteiger partial charge in [-0.2, -0.15) is 0 Å². The van der Waals surface area contributed by atoms with Gasteiger partial charge in [-0.3, -0.25) is 0 Å². The second-order valence-electron chi connectivity index (χ2n) is 9.73. The minimum absolute atomic E-state index is 0.111. The average Bonchev–Trinajstić information content (AvgIpc) is 3.44. The number of methoxy groups -OCH3 is 1. The number of benzene rings is 1. The largest absolute Gasteiger partial charge is 0.479 e. The van der Waals surface area contributed by atoms with Crippen LogP contribution in [0, 0.1) is 6.92 Å². The predicted octanol–water partition coefficient (Wildman–Crippen LogP) is 5.07. The van der Waals surface area contributed by atoms with Crippen molar-refractivity contribution in [2.75, 3.05) is 7.11 Å². The van der Waals surface area contributed by atoms with Gasteiger partial charge in [-0.25, -0.2) is 19.6 Å². The van der Waals surface area contributed by atoms with Gasteiger partial charge in [0, 0.05) is 18.7 Å². The summed E-state index contributed by atoms with van der Waals surface area (Å²) >= 11 is 0. The van der Waals surface area contributed by atoms with E-state index in [1.54, 1.807) is 13.4 Å². The van der Waals surface area contributed by atoms with E-state index in [1.807, 2.05) is 29.8 Å². The average molecular weight is 443 g/mol. The molecule has 1 aliphatic rings. The molecule has 7 nitrogen and oxygen atoms in total. The van der Waals surface area contributed by atoms with Crippen molar-refractivity contribution in [3.05, 3.63) is 71.6 Å². The van der Waals surface area contributed by atoms with Crippen LogP contribution in [-0.2, 0) is 12.0 Å². The van der Waals surface area contributed by atoms with Crippen molar-refractivity contribution >= 4 is 0 Å². The smallest absolute Gasteiger partial charge is 0.238 e. The number of aryl methyl sites for hydroxylation is 2. The Hall–Kier alpha value is -3.48. The minimum Gasteiger partial charge on any atom is -0.479 e. The molecule has 3 aromatic heterocycles. The van der Waals surface area contributed by atoms with Gasteiger partial charge >= 0.3 is 0 Å². The van der Waals surface area contributed by atoms with Crippen molar-refractivity contribution in [2.45, 2.75) is 58.4 Å². The number of ether oxygens (including phenoxy) is 1. The highest BCUT2D eigenvalue weighted by Gasteiger charge is 2.27. The van der Waals surface area contributed by atoms with Crippen molar-refractivity contribution in [2.24, 2.45) is 0 Å². The van der Waals surface area contributed by atoms with Gasteiger partial charge in [0.15, 0.2) is 5.82 Å². The molecule has 1 aromatic carbocycles. The van der Waals surface area contributed by atoms with Crippen LogP contribution >= 0.6 is 0 Å². The molecule has 7 heteroatoms. The number of rotatable bonds is 4. The lowest BCUT2D eigenvalue weighted by Crippen LogP contribution is -2.19. The van der Waals surface area contributed by atoms with Gasteiger partial charge in [-0.1, -0.05) is 45.0 Å². The third-order valence-corrected chi connectivity index (χ3v) is 6.28. The van der Waals surface area contributed by atoms with Gasteiger partial charge in [0.05, 0.1) is 19.1 Å². The zero-order chi connectivity index (χ0) is 23.2. The number of hydrogen-bond donors (Lipinski definition) is 0. The highest BCUT2D eigenvalue weighted by atomic mass is 16.5. The fourth-order valence-corrected chi connectivity index (χ4v) is 4.45. The van der Waals surface area contributed by atoms with Gasteiger partial charge in [-0.05, 0) is 48.4 Å². The first-order valence-corrected chi connectivity index (χ1v) is 11.4. The number of nitrogens with zero attached hydrogens (tertiary/aromatic N) is 6. The van der Waals surface area contributed by atoms with E-state index in [9.17, 15) is 0 Å². The van der Waals surface area contributed by atoms with E-state index in [2.05, 4.69) is 54.7 Å². The van der Waals surface area contributed by atoms with E-state index >= 15 is 0 Å². The third kappa shape index (κ3) is 4.03. The quantitative estimate of drug-likeness (QED) is 0.441. The molecule has 0 N–H and O–H groups in total. The molecule has 4 aromatic rings. The number of fused-ring (bicyclic) bond motifs is 1. The summed E-state index contributed by atoms with van der Waals surface area (Å²) in [4.78, 5) is 14.0. The van der Waals surface area contributed by atoms with Crippen LogP contribution in [0.5, 0.6) is 5.88 Å². The van der Waals surface area contributed by atoms with Crippen LogP contribution < -0.4 is 4.74 Å². The Morgan fingerprint density at radius 3 is 2.67 bits per heavy atom. The number of pyridine rings is 1. The first-order chi connectivity index (χ1) is 15.8. The molecular weight excluding hydrogens is 412 g/mol. The molecule has 0 bridgehead atoms. The van der Waals surface area contributed by atoms with Crippen LogP contribution in [0.1, 0.15) is 62.2 Å². The van der Waals surface area contributed by atoms with Gasteiger partial charge in [0.25, 0.3) is 0 Å². The summed E-state index contributed by atoms with van der Waals surface area (Å²) < 4.78 is 9.55. The summed E-state index contributed by atoms with van der Waals surface area (Å²) in [6.07, 6.45) is 5.86. The molecule has 1 aliphatic heterocycles. The van der Waals surface area contributed by atoms with Crippen molar-refractivity contribution < 1.29 is 4.74 Å². The molecule has 5 rings (SSSR count). The first kappa shape index (κ1) is 21.4. The summed E-state index contributed by atoms with van der Waals surface area (Å²) in [6, 6.07) is 12.8. The Morgan fingerprint density at radius 2 is 1.94 bits per heavy atom. The normalized spacial score (nSPS) is 16.0. The summed E-state index contributed by atoms with van der Waals surface area (Å²) in [5.41, 5.74) is 5.23. The Balaban J connectivity index is 1.51. The Labute approximate surface area is 194 Å². The van der Waals surface area contributed by atoms with E-state index in [1.165, 1.54) is 11.1 Å². The van der Waals surface area contributed by atoms with Crippen molar-refractivity contribution in [1.82, 2.24) is 29.3 Å². The summed E-state index contributed by atoms with van der Waals surface area (Å²) in [6.45, 7) is 9.59. The van der Waals surface area contributed by atoms with Crippen molar-refractivity contribution in [3.8, 4) is 23.1 Å². The zero-order valence-electron chi connectivity index (χ0n) is 19.9. The third-order valence-electron chi connectivity index (χ3n) is 6.28. The van der Waals surface area contributed by atoms with E-state index in [-0.39, 0.29) is 11.3 Å². The monoisotopic (exact) mass is 442 g/mol. The lowest BCUT2D eigenvalue weighted by Gasteiger charge is -2.25. The van der Waals surface area contributed by atoms with E-state index in [4.69, 9.17) is 19.8 Å². The van der Waals surface area contributed by atoms with Gasteiger partial charge < -0.3 is 9.30 Å².